The number of piperazine rings is 1. The van der Waals surface area contributed by atoms with E-state index in [4.69, 9.17) is 0 Å². The third-order valence-corrected chi connectivity index (χ3v) is 4.57. The van der Waals surface area contributed by atoms with Gasteiger partial charge in [-0.2, -0.15) is 0 Å². The number of hydrogen-bond donors (Lipinski definition) is 2. The number of nitrogens with one attached hydrogen (secondary N) is 1. The second-order valence-electron chi connectivity index (χ2n) is 4.88. The van der Waals surface area contributed by atoms with Crippen LogP contribution in [0.25, 0.3) is 0 Å². The molecule has 5 nitrogen and oxygen atoms in total. The fourth-order valence-corrected chi connectivity index (χ4v) is 3.50. The molecule has 0 atom stereocenters. The first kappa shape index (κ1) is 14.3. The Morgan fingerprint density at radius 2 is 2.00 bits per heavy atom. The highest BCUT2D eigenvalue weighted by molar-refractivity contribution is 7.90. The molecule has 0 aromatic heterocycles. The Labute approximate surface area is 114 Å². The summed E-state index contributed by atoms with van der Waals surface area (Å²) in [6.07, 6.45) is 1.77. The van der Waals surface area contributed by atoms with E-state index >= 15 is 0 Å². The summed E-state index contributed by atoms with van der Waals surface area (Å²) in [5, 5.41) is 13.0. The van der Waals surface area contributed by atoms with Gasteiger partial charge >= 0.3 is 0 Å². The van der Waals surface area contributed by atoms with Gasteiger partial charge in [-0.15, -0.1) is 0 Å². The Hall–Kier alpha value is -1.11. The van der Waals surface area contributed by atoms with Crippen molar-refractivity contribution in [2.45, 2.75) is 11.3 Å². The number of aromatic hydroxyl groups is 1. The maximum atomic E-state index is 11.7. The van der Waals surface area contributed by atoms with E-state index in [1.54, 1.807) is 12.1 Å². The van der Waals surface area contributed by atoms with Gasteiger partial charge in [-0.3, -0.25) is 0 Å². The average molecular weight is 284 g/mol. The van der Waals surface area contributed by atoms with Crippen molar-refractivity contribution in [1.29, 1.82) is 0 Å². The van der Waals surface area contributed by atoms with E-state index in [9.17, 15) is 13.5 Å². The van der Waals surface area contributed by atoms with Gasteiger partial charge in [0.1, 0.15) is 10.6 Å². The number of rotatable bonds is 4. The second kappa shape index (κ2) is 5.90. The first-order valence-electron chi connectivity index (χ1n) is 6.42. The Morgan fingerprint density at radius 1 is 1.32 bits per heavy atom. The molecule has 1 aliphatic rings. The third kappa shape index (κ3) is 3.68. The lowest BCUT2D eigenvalue weighted by Gasteiger charge is -2.27. The van der Waals surface area contributed by atoms with E-state index in [1.807, 2.05) is 0 Å². The van der Waals surface area contributed by atoms with Crippen molar-refractivity contribution >= 4 is 9.84 Å². The van der Waals surface area contributed by atoms with Crippen LogP contribution >= 0.6 is 0 Å². The number of nitrogens with zero attached hydrogens (tertiary/aromatic N) is 1. The van der Waals surface area contributed by atoms with Crippen molar-refractivity contribution in [3.05, 3.63) is 23.8 Å². The quantitative estimate of drug-likeness (QED) is 0.829. The third-order valence-electron chi connectivity index (χ3n) is 3.35. The number of hydrogen-bond acceptors (Lipinski definition) is 5. The van der Waals surface area contributed by atoms with Crippen LogP contribution in [0, 0.1) is 0 Å². The van der Waals surface area contributed by atoms with E-state index in [0.29, 0.717) is 12.0 Å². The normalized spacial score (nSPS) is 17.5. The van der Waals surface area contributed by atoms with Gasteiger partial charge < -0.3 is 15.3 Å². The molecule has 1 aliphatic heterocycles. The maximum Gasteiger partial charge on any atom is 0.179 e. The molecule has 0 amide bonds. The summed E-state index contributed by atoms with van der Waals surface area (Å²) in [5.74, 6) is -0.152. The van der Waals surface area contributed by atoms with Crippen LogP contribution in [0.5, 0.6) is 5.75 Å². The van der Waals surface area contributed by atoms with Crippen LogP contribution in [0.3, 0.4) is 0 Å². The molecule has 1 saturated heterocycles. The number of benzene rings is 1. The van der Waals surface area contributed by atoms with Gasteiger partial charge in [0.05, 0.1) is 0 Å². The van der Waals surface area contributed by atoms with Crippen LogP contribution < -0.4 is 5.32 Å². The van der Waals surface area contributed by atoms with Gasteiger partial charge in [0.2, 0.25) is 0 Å². The van der Waals surface area contributed by atoms with E-state index in [0.717, 1.165) is 39.0 Å². The minimum Gasteiger partial charge on any atom is -0.507 e. The minimum atomic E-state index is -3.40. The highest BCUT2D eigenvalue weighted by atomic mass is 32.2. The molecule has 1 fully saturated rings. The van der Waals surface area contributed by atoms with E-state index < -0.39 is 9.84 Å². The number of sulfone groups is 1. The predicted octanol–water partition coefficient (Wildman–Crippen LogP) is 0.243. The lowest BCUT2D eigenvalue weighted by molar-refractivity contribution is 0.243. The van der Waals surface area contributed by atoms with Crippen LogP contribution in [0.1, 0.15) is 5.56 Å². The van der Waals surface area contributed by atoms with Crippen LogP contribution in [0.15, 0.2) is 23.1 Å². The van der Waals surface area contributed by atoms with Gasteiger partial charge in [-0.05, 0) is 18.1 Å². The molecular formula is C13H20N2O3S. The van der Waals surface area contributed by atoms with E-state index in [2.05, 4.69) is 10.2 Å². The zero-order chi connectivity index (χ0) is 13.9. The fourth-order valence-electron chi connectivity index (χ4n) is 2.41. The summed E-state index contributed by atoms with van der Waals surface area (Å²) >= 11 is 0. The van der Waals surface area contributed by atoms with Crippen molar-refractivity contribution in [1.82, 2.24) is 10.2 Å². The molecule has 1 aromatic rings. The topological polar surface area (TPSA) is 69.6 Å². The molecule has 0 radical (unpaired) electrons. The SMILES string of the molecule is CS(=O)(=O)c1c(O)cccc1CCN1CCNCC1. The van der Waals surface area contributed by atoms with Crippen LogP contribution in [-0.4, -0.2) is 57.4 Å². The standard InChI is InChI=1S/C13H20N2O3S/c1-19(17,18)13-11(3-2-4-12(13)16)5-8-15-9-6-14-7-10-15/h2-4,14,16H,5-10H2,1H3. The van der Waals surface area contributed by atoms with Crippen LogP contribution in [-0.2, 0) is 16.3 Å². The summed E-state index contributed by atoms with van der Waals surface area (Å²) in [7, 11) is -3.40. The van der Waals surface area contributed by atoms with Gasteiger partial charge in [0.15, 0.2) is 9.84 Å². The Bertz CT molecular complexity index is 537. The monoisotopic (exact) mass is 284 g/mol. The first-order valence-corrected chi connectivity index (χ1v) is 8.31. The zero-order valence-corrected chi connectivity index (χ0v) is 11.9. The molecule has 19 heavy (non-hydrogen) atoms. The molecule has 1 aromatic carbocycles. The highest BCUT2D eigenvalue weighted by Crippen LogP contribution is 2.26. The largest absolute Gasteiger partial charge is 0.507 e. The fraction of sp³-hybridized carbons (Fsp3) is 0.538. The molecule has 0 spiro atoms. The highest BCUT2D eigenvalue weighted by Gasteiger charge is 2.18. The van der Waals surface area contributed by atoms with Crippen LogP contribution in [0.2, 0.25) is 0 Å². The van der Waals surface area contributed by atoms with Crippen molar-refractivity contribution in [2.24, 2.45) is 0 Å². The summed E-state index contributed by atoms with van der Waals surface area (Å²) in [6, 6.07) is 4.89. The molecule has 0 saturated carbocycles. The van der Waals surface area contributed by atoms with E-state index in [-0.39, 0.29) is 10.6 Å². The van der Waals surface area contributed by atoms with Crippen molar-refractivity contribution in [2.75, 3.05) is 39.0 Å². The number of phenolic OH excluding ortho intramolecular Hbond substituents is 1. The maximum absolute atomic E-state index is 11.7. The predicted molar refractivity (Wildman–Crippen MR) is 74.2 cm³/mol. The van der Waals surface area contributed by atoms with Gasteiger partial charge in [0, 0.05) is 39.0 Å². The Balaban J connectivity index is 2.14. The minimum absolute atomic E-state index is 0.0742. The molecule has 0 unspecified atom stereocenters. The molecule has 0 bridgehead atoms. The lowest BCUT2D eigenvalue weighted by Crippen LogP contribution is -2.44. The summed E-state index contributed by atoms with van der Waals surface area (Å²) in [4.78, 5) is 2.37. The summed E-state index contributed by atoms with van der Waals surface area (Å²) in [6.45, 7) is 4.71. The zero-order valence-electron chi connectivity index (χ0n) is 11.1. The average Bonchev–Trinajstić information content (AvgIpc) is 2.36. The van der Waals surface area contributed by atoms with Crippen molar-refractivity contribution in [3.63, 3.8) is 0 Å². The Kier molecular flexibility index (Phi) is 4.44. The molecule has 106 valence electrons. The smallest absolute Gasteiger partial charge is 0.179 e. The number of phenols is 1. The first-order chi connectivity index (χ1) is 8.98. The molecular weight excluding hydrogens is 264 g/mol. The van der Waals surface area contributed by atoms with Gasteiger partial charge in [-0.1, -0.05) is 12.1 Å². The van der Waals surface area contributed by atoms with Gasteiger partial charge in [0.25, 0.3) is 0 Å². The molecule has 0 aliphatic carbocycles. The molecule has 6 heteroatoms. The molecule has 2 rings (SSSR count). The molecule has 2 N–H and O–H groups in total. The summed E-state index contributed by atoms with van der Waals surface area (Å²) in [5.41, 5.74) is 0.695. The lowest BCUT2D eigenvalue weighted by atomic mass is 10.1. The second-order valence-corrected chi connectivity index (χ2v) is 6.83. The van der Waals surface area contributed by atoms with Crippen molar-refractivity contribution < 1.29 is 13.5 Å². The van der Waals surface area contributed by atoms with E-state index in [1.165, 1.54) is 6.07 Å². The van der Waals surface area contributed by atoms with Crippen molar-refractivity contribution in [3.8, 4) is 5.75 Å². The van der Waals surface area contributed by atoms with Gasteiger partial charge in [-0.25, -0.2) is 8.42 Å². The summed E-state index contributed by atoms with van der Waals surface area (Å²) < 4.78 is 23.5. The molecule has 1 heterocycles. The Morgan fingerprint density at radius 3 is 2.63 bits per heavy atom. The van der Waals surface area contributed by atoms with Crippen LogP contribution in [0.4, 0.5) is 0 Å².